The molecule has 1 atom stereocenters. The summed E-state index contributed by atoms with van der Waals surface area (Å²) >= 11 is 5.88. The van der Waals surface area contributed by atoms with Gasteiger partial charge >= 0.3 is 12.4 Å². The normalized spacial score (nSPS) is 14.0. The Morgan fingerprint density at radius 2 is 1.52 bits per heavy atom. The van der Waals surface area contributed by atoms with Gasteiger partial charge < -0.3 is 15.1 Å². The highest BCUT2D eigenvalue weighted by Crippen LogP contribution is 2.50. The van der Waals surface area contributed by atoms with E-state index < -0.39 is 29.6 Å². The molecule has 0 unspecified atom stereocenters. The number of rotatable bonds is 6. The van der Waals surface area contributed by atoms with E-state index >= 15 is 0 Å². The SMILES string of the molecule is CCN(C[C@H](O)c1cccc(Cl)c1)c1ccc(C(O)(C(F)(F)F)C(F)(F)F)cc1. The van der Waals surface area contributed by atoms with Crippen molar-refractivity contribution in [1.29, 1.82) is 0 Å². The fraction of sp³-hybridized carbons (Fsp3) is 0.368. The largest absolute Gasteiger partial charge is 0.430 e. The highest BCUT2D eigenvalue weighted by Gasteiger charge is 2.71. The van der Waals surface area contributed by atoms with Crippen LogP contribution in [0, 0.1) is 0 Å². The van der Waals surface area contributed by atoms with E-state index in [9.17, 15) is 36.6 Å². The topological polar surface area (TPSA) is 43.7 Å². The molecule has 0 saturated carbocycles. The van der Waals surface area contributed by atoms with Crippen molar-refractivity contribution < 1.29 is 36.6 Å². The highest BCUT2D eigenvalue weighted by molar-refractivity contribution is 6.30. The molecule has 2 aromatic rings. The molecular weight excluding hydrogens is 424 g/mol. The minimum atomic E-state index is -5.94. The van der Waals surface area contributed by atoms with Crippen LogP contribution in [0.25, 0.3) is 0 Å². The van der Waals surface area contributed by atoms with Crippen LogP contribution in [0.1, 0.15) is 24.2 Å². The number of aliphatic hydroxyl groups is 2. The lowest BCUT2D eigenvalue weighted by Gasteiger charge is -2.33. The van der Waals surface area contributed by atoms with E-state index in [-0.39, 0.29) is 12.2 Å². The van der Waals surface area contributed by atoms with Gasteiger partial charge in [-0.2, -0.15) is 26.3 Å². The predicted molar refractivity (Wildman–Crippen MR) is 96.7 cm³/mol. The Hall–Kier alpha value is -1.97. The molecule has 0 aliphatic carbocycles. The molecule has 3 nitrogen and oxygen atoms in total. The van der Waals surface area contributed by atoms with E-state index in [2.05, 4.69) is 0 Å². The molecular formula is C19H18ClF6NO2. The summed E-state index contributed by atoms with van der Waals surface area (Å²) in [4.78, 5) is 1.57. The van der Waals surface area contributed by atoms with Gasteiger partial charge in [-0.1, -0.05) is 35.9 Å². The van der Waals surface area contributed by atoms with Crippen LogP contribution in [0.5, 0.6) is 0 Å². The van der Waals surface area contributed by atoms with Crippen molar-refractivity contribution in [3.8, 4) is 0 Å². The molecule has 0 spiro atoms. The molecule has 2 aromatic carbocycles. The van der Waals surface area contributed by atoms with Crippen LogP contribution < -0.4 is 4.90 Å². The van der Waals surface area contributed by atoms with Crippen molar-refractivity contribution in [2.24, 2.45) is 0 Å². The molecule has 0 amide bonds. The van der Waals surface area contributed by atoms with Crippen LogP contribution in [0.3, 0.4) is 0 Å². The average molecular weight is 442 g/mol. The van der Waals surface area contributed by atoms with Crippen molar-refractivity contribution in [3.63, 3.8) is 0 Å². The van der Waals surface area contributed by atoms with Crippen molar-refractivity contribution >= 4 is 17.3 Å². The smallest absolute Gasteiger partial charge is 0.387 e. The summed E-state index contributed by atoms with van der Waals surface area (Å²) in [7, 11) is 0. The van der Waals surface area contributed by atoms with E-state index in [1.807, 2.05) is 0 Å². The van der Waals surface area contributed by atoms with Gasteiger partial charge in [0.1, 0.15) is 0 Å². The molecule has 2 rings (SSSR count). The van der Waals surface area contributed by atoms with Gasteiger partial charge in [0, 0.05) is 29.4 Å². The zero-order chi connectivity index (χ0) is 22.0. The molecule has 10 heteroatoms. The lowest BCUT2D eigenvalue weighted by molar-refractivity contribution is -0.376. The summed E-state index contributed by atoms with van der Waals surface area (Å²) in [5, 5.41) is 20.2. The number of nitrogens with zero attached hydrogens (tertiary/aromatic N) is 1. The molecule has 0 radical (unpaired) electrons. The van der Waals surface area contributed by atoms with Crippen LogP contribution in [0.2, 0.25) is 5.02 Å². The number of aliphatic hydroxyl groups excluding tert-OH is 1. The molecule has 0 aromatic heterocycles. The van der Waals surface area contributed by atoms with Gasteiger partial charge in [0.05, 0.1) is 6.10 Å². The fourth-order valence-corrected chi connectivity index (χ4v) is 3.05. The Balaban J connectivity index is 2.29. The number of halogens is 7. The van der Waals surface area contributed by atoms with Crippen molar-refractivity contribution in [1.82, 2.24) is 0 Å². The van der Waals surface area contributed by atoms with Crippen LogP contribution in [-0.2, 0) is 5.60 Å². The van der Waals surface area contributed by atoms with E-state index in [0.29, 0.717) is 29.3 Å². The number of hydrogen-bond acceptors (Lipinski definition) is 3. The molecule has 160 valence electrons. The lowest BCUT2D eigenvalue weighted by Crippen LogP contribution is -2.53. The molecule has 29 heavy (non-hydrogen) atoms. The monoisotopic (exact) mass is 441 g/mol. The van der Waals surface area contributed by atoms with Gasteiger partial charge in [-0.15, -0.1) is 0 Å². The lowest BCUT2D eigenvalue weighted by atomic mass is 9.92. The summed E-state index contributed by atoms with van der Waals surface area (Å²) in [6.07, 6.45) is -12.9. The number of alkyl halides is 6. The quantitative estimate of drug-likeness (QED) is 0.605. The maximum atomic E-state index is 13.0. The van der Waals surface area contributed by atoms with E-state index in [4.69, 9.17) is 11.6 Å². The summed E-state index contributed by atoms with van der Waals surface area (Å²) in [6.45, 7) is 2.05. The first kappa shape index (κ1) is 23.3. The first-order chi connectivity index (χ1) is 13.3. The molecule has 0 bridgehead atoms. The molecule has 2 N–H and O–H groups in total. The predicted octanol–water partition coefficient (Wildman–Crippen LogP) is 5.21. The maximum Gasteiger partial charge on any atom is 0.430 e. The Bertz CT molecular complexity index is 809. The number of benzene rings is 2. The Morgan fingerprint density at radius 1 is 0.966 bits per heavy atom. The fourth-order valence-electron chi connectivity index (χ4n) is 2.85. The third kappa shape index (κ3) is 4.79. The maximum absolute atomic E-state index is 13.0. The Morgan fingerprint density at radius 3 is 1.97 bits per heavy atom. The number of likely N-dealkylation sites (N-methyl/N-ethyl adjacent to an activating group) is 1. The van der Waals surface area contributed by atoms with E-state index in [0.717, 1.165) is 12.1 Å². The Labute approximate surface area is 168 Å². The zero-order valence-corrected chi connectivity index (χ0v) is 15.9. The van der Waals surface area contributed by atoms with Gasteiger partial charge in [-0.25, -0.2) is 0 Å². The van der Waals surface area contributed by atoms with Gasteiger partial charge in [-0.3, -0.25) is 0 Å². The molecule has 0 fully saturated rings. The molecule has 0 aliphatic rings. The van der Waals surface area contributed by atoms with E-state index in [1.165, 1.54) is 0 Å². The second-order valence-corrected chi connectivity index (χ2v) is 6.80. The summed E-state index contributed by atoms with van der Waals surface area (Å²) in [5.74, 6) is 0. The van der Waals surface area contributed by atoms with Crippen molar-refractivity contribution in [2.45, 2.75) is 31.0 Å². The molecule has 0 aliphatic heterocycles. The summed E-state index contributed by atoms with van der Waals surface area (Å²) in [6, 6.07) is 9.67. The minimum absolute atomic E-state index is 0.0268. The third-order valence-corrected chi connectivity index (χ3v) is 4.71. The minimum Gasteiger partial charge on any atom is -0.387 e. The zero-order valence-electron chi connectivity index (χ0n) is 15.1. The average Bonchev–Trinajstić information content (AvgIpc) is 2.63. The van der Waals surface area contributed by atoms with E-state index in [1.54, 1.807) is 36.1 Å². The third-order valence-electron chi connectivity index (χ3n) is 4.48. The second-order valence-electron chi connectivity index (χ2n) is 6.36. The number of anilines is 1. The van der Waals surface area contributed by atoms with Crippen LogP contribution in [0.4, 0.5) is 32.0 Å². The van der Waals surface area contributed by atoms with Gasteiger partial charge in [0.25, 0.3) is 5.60 Å². The second kappa shape index (κ2) is 8.41. The summed E-state index contributed by atoms with van der Waals surface area (Å²) in [5.41, 5.74) is -5.52. The molecule has 0 heterocycles. The number of hydrogen-bond donors (Lipinski definition) is 2. The molecule has 0 saturated heterocycles. The van der Waals surface area contributed by atoms with Crippen LogP contribution >= 0.6 is 11.6 Å². The van der Waals surface area contributed by atoms with Crippen LogP contribution in [0.15, 0.2) is 48.5 Å². The van der Waals surface area contributed by atoms with Crippen LogP contribution in [-0.4, -0.2) is 35.7 Å². The standard InChI is InChI=1S/C19H18ClF6NO2/c1-2-27(11-16(28)12-4-3-5-14(20)10-12)15-8-6-13(7-9-15)17(29,18(21,22)23)19(24,25)26/h3-10,16,28-29H,2,11H2,1H3/t16-/m0/s1. The Kier molecular flexibility index (Phi) is 6.76. The first-order valence-corrected chi connectivity index (χ1v) is 8.84. The highest BCUT2D eigenvalue weighted by atomic mass is 35.5. The van der Waals surface area contributed by atoms with Gasteiger partial charge in [-0.05, 0) is 36.8 Å². The summed E-state index contributed by atoms with van der Waals surface area (Å²) < 4.78 is 77.9. The van der Waals surface area contributed by atoms with Crippen molar-refractivity contribution in [2.75, 3.05) is 18.0 Å². The van der Waals surface area contributed by atoms with Crippen molar-refractivity contribution in [3.05, 3.63) is 64.7 Å². The van der Waals surface area contributed by atoms with Gasteiger partial charge in [0.15, 0.2) is 0 Å². The van der Waals surface area contributed by atoms with Gasteiger partial charge in [0.2, 0.25) is 0 Å². The first-order valence-electron chi connectivity index (χ1n) is 8.46.